The molecule has 90 valence electrons. The van der Waals surface area contributed by atoms with Crippen LogP contribution in [-0.4, -0.2) is 30.9 Å². The van der Waals surface area contributed by atoms with Crippen molar-refractivity contribution in [3.05, 3.63) is 0 Å². The zero-order valence-electron chi connectivity index (χ0n) is 9.58. The molecule has 0 aromatic heterocycles. The lowest BCUT2D eigenvalue weighted by atomic mass is 9.62. The fourth-order valence-electron chi connectivity index (χ4n) is 2.76. The predicted molar refractivity (Wildman–Crippen MR) is 59.4 cm³/mol. The van der Waals surface area contributed by atoms with Gasteiger partial charge in [-0.3, -0.25) is 9.59 Å². The van der Waals surface area contributed by atoms with Crippen LogP contribution >= 0.6 is 0 Å². The van der Waals surface area contributed by atoms with Crippen LogP contribution in [0.1, 0.15) is 26.2 Å². The van der Waals surface area contributed by atoms with Crippen molar-refractivity contribution >= 4 is 11.8 Å². The van der Waals surface area contributed by atoms with Crippen LogP contribution < -0.4 is 16.4 Å². The fraction of sp³-hybridized carbons (Fsp3) is 0.818. The second kappa shape index (κ2) is 4.05. The van der Waals surface area contributed by atoms with Gasteiger partial charge in [-0.25, -0.2) is 0 Å². The van der Waals surface area contributed by atoms with E-state index in [9.17, 15) is 9.59 Å². The molecular weight excluding hydrogens is 206 g/mol. The Bertz CT molecular complexity index is 310. The van der Waals surface area contributed by atoms with E-state index in [1.54, 1.807) is 0 Å². The highest BCUT2D eigenvalue weighted by Crippen LogP contribution is 2.44. The van der Waals surface area contributed by atoms with Crippen molar-refractivity contribution in [1.29, 1.82) is 0 Å². The second-order valence-corrected chi connectivity index (χ2v) is 5.18. The van der Waals surface area contributed by atoms with Gasteiger partial charge in [-0.05, 0) is 18.8 Å². The highest BCUT2D eigenvalue weighted by molar-refractivity contribution is 5.86. The van der Waals surface area contributed by atoms with E-state index in [4.69, 9.17) is 5.73 Å². The fourth-order valence-corrected chi connectivity index (χ4v) is 2.76. The molecule has 16 heavy (non-hydrogen) atoms. The summed E-state index contributed by atoms with van der Waals surface area (Å²) in [4.78, 5) is 23.1. The summed E-state index contributed by atoms with van der Waals surface area (Å²) in [5, 5.41) is 5.63. The first-order valence-electron chi connectivity index (χ1n) is 5.83. The molecule has 2 amide bonds. The van der Waals surface area contributed by atoms with Crippen molar-refractivity contribution in [2.24, 2.45) is 17.1 Å². The number of nitrogens with two attached hydrogens (primary N) is 1. The SMILES string of the molecule is CC1CC(CN)(C(=O)NC2CNC(=O)C2)C1. The molecule has 0 radical (unpaired) electrons. The molecule has 1 saturated heterocycles. The molecule has 4 N–H and O–H groups in total. The first kappa shape index (κ1) is 11.4. The summed E-state index contributed by atoms with van der Waals surface area (Å²) >= 11 is 0. The van der Waals surface area contributed by atoms with E-state index in [0.717, 1.165) is 12.8 Å². The lowest BCUT2D eigenvalue weighted by molar-refractivity contribution is -0.138. The van der Waals surface area contributed by atoms with Gasteiger partial charge in [-0.15, -0.1) is 0 Å². The monoisotopic (exact) mass is 225 g/mol. The van der Waals surface area contributed by atoms with Crippen LogP contribution in [0.25, 0.3) is 0 Å². The van der Waals surface area contributed by atoms with Crippen molar-refractivity contribution < 1.29 is 9.59 Å². The topological polar surface area (TPSA) is 84.2 Å². The number of hydrogen-bond acceptors (Lipinski definition) is 3. The largest absolute Gasteiger partial charge is 0.354 e. The molecule has 0 aromatic carbocycles. The van der Waals surface area contributed by atoms with Crippen molar-refractivity contribution in [3.8, 4) is 0 Å². The summed E-state index contributed by atoms with van der Waals surface area (Å²) in [6, 6.07) is -0.0562. The van der Waals surface area contributed by atoms with Gasteiger partial charge in [0, 0.05) is 19.5 Å². The third-order valence-corrected chi connectivity index (χ3v) is 3.66. The van der Waals surface area contributed by atoms with E-state index in [0.29, 0.717) is 25.4 Å². The summed E-state index contributed by atoms with van der Waals surface area (Å²) in [6.45, 7) is 3.07. The van der Waals surface area contributed by atoms with Gasteiger partial charge in [0.05, 0.1) is 11.5 Å². The lowest BCUT2D eigenvalue weighted by Gasteiger charge is -2.44. The Morgan fingerprint density at radius 3 is 2.75 bits per heavy atom. The van der Waals surface area contributed by atoms with E-state index in [2.05, 4.69) is 17.6 Å². The number of carbonyl (C=O) groups excluding carboxylic acids is 2. The van der Waals surface area contributed by atoms with Crippen molar-refractivity contribution in [2.75, 3.05) is 13.1 Å². The zero-order chi connectivity index (χ0) is 11.8. The summed E-state index contributed by atoms with van der Waals surface area (Å²) < 4.78 is 0. The van der Waals surface area contributed by atoms with Crippen LogP contribution in [0.5, 0.6) is 0 Å². The minimum Gasteiger partial charge on any atom is -0.354 e. The minimum absolute atomic E-state index is 0.00840. The first-order valence-corrected chi connectivity index (χ1v) is 5.83. The average molecular weight is 225 g/mol. The predicted octanol–water partition coefficient (Wildman–Crippen LogP) is -0.634. The number of rotatable bonds is 3. The van der Waals surface area contributed by atoms with Gasteiger partial charge >= 0.3 is 0 Å². The van der Waals surface area contributed by atoms with E-state index >= 15 is 0 Å². The number of amides is 2. The Hall–Kier alpha value is -1.10. The average Bonchev–Trinajstić information content (AvgIpc) is 2.58. The summed E-state index contributed by atoms with van der Waals surface area (Å²) in [7, 11) is 0. The van der Waals surface area contributed by atoms with Crippen LogP contribution in [0.2, 0.25) is 0 Å². The molecule has 5 nitrogen and oxygen atoms in total. The van der Waals surface area contributed by atoms with Gasteiger partial charge < -0.3 is 16.4 Å². The maximum Gasteiger partial charge on any atom is 0.227 e. The van der Waals surface area contributed by atoms with Crippen LogP contribution in [0.15, 0.2) is 0 Å². The Kier molecular flexibility index (Phi) is 2.88. The van der Waals surface area contributed by atoms with Gasteiger partial charge in [0.2, 0.25) is 11.8 Å². The molecule has 2 rings (SSSR count). The Labute approximate surface area is 95.1 Å². The summed E-state index contributed by atoms with van der Waals surface area (Å²) in [6.07, 6.45) is 2.12. The van der Waals surface area contributed by atoms with Crippen LogP contribution in [0, 0.1) is 11.3 Å². The molecule has 1 atom stereocenters. The van der Waals surface area contributed by atoms with Crippen LogP contribution in [-0.2, 0) is 9.59 Å². The highest BCUT2D eigenvalue weighted by atomic mass is 16.2. The van der Waals surface area contributed by atoms with E-state index < -0.39 is 0 Å². The second-order valence-electron chi connectivity index (χ2n) is 5.18. The zero-order valence-corrected chi connectivity index (χ0v) is 9.58. The van der Waals surface area contributed by atoms with Crippen LogP contribution in [0.3, 0.4) is 0 Å². The van der Waals surface area contributed by atoms with Gasteiger partial charge in [0.1, 0.15) is 0 Å². The molecule has 1 aliphatic heterocycles. The minimum atomic E-state index is -0.370. The maximum absolute atomic E-state index is 12.1. The first-order chi connectivity index (χ1) is 7.55. The highest BCUT2D eigenvalue weighted by Gasteiger charge is 2.47. The molecule has 1 heterocycles. The Balaban J connectivity index is 1.90. The van der Waals surface area contributed by atoms with Gasteiger partial charge in [-0.2, -0.15) is 0 Å². The third kappa shape index (κ3) is 1.91. The van der Waals surface area contributed by atoms with Crippen molar-refractivity contribution in [3.63, 3.8) is 0 Å². The standard InChI is InChI=1S/C11H19N3O2/c1-7-3-11(4-7,6-12)10(16)14-8-2-9(15)13-5-8/h7-8H,2-6,12H2,1H3,(H,13,15)(H,14,16). The normalized spacial score (nSPS) is 37.8. The smallest absolute Gasteiger partial charge is 0.227 e. The molecular formula is C11H19N3O2. The molecule has 1 aliphatic carbocycles. The number of nitrogens with one attached hydrogen (secondary N) is 2. The van der Waals surface area contributed by atoms with E-state index in [1.807, 2.05) is 0 Å². The summed E-state index contributed by atoms with van der Waals surface area (Å²) in [5.41, 5.74) is 5.32. The van der Waals surface area contributed by atoms with Gasteiger partial charge in [0.15, 0.2) is 0 Å². The molecule has 2 aliphatic rings. The molecule has 1 unspecified atom stereocenters. The molecule has 1 saturated carbocycles. The quantitative estimate of drug-likeness (QED) is 0.597. The van der Waals surface area contributed by atoms with Gasteiger partial charge in [0.25, 0.3) is 0 Å². The van der Waals surface area contributed by atoms with E-state index in [1.165, 1.54) is 0 Å². The van der Waals surface area contributed by atoms with Crippen molar-refractivity contribution in [1.82, 2.24) is 10.6 Å². The van der Waals surface area contributed by atoms with E-state index in [-0.39, 0.29) is 23.3 Å². The lowest BCUT2D eigenvalue weighted by Crippen LogP contribution is -2.55. The van der Waals surface area contributed by atoms with Crippen LogP contribution in [0.4, 0.5) is 0 Å². The molecule has 0 aromatic rings. The number of hydrogen-bond donors (Lipinski definition) is 3. The summed E-state index contributed by atoms with van der Waals surface area (Å²) in [5.74, 6) is 0.612. The molecule has 0 bridgehead atoms. The Morgan fingerprint density at radius 1 is 1.62 bits per heavy atom. The maximum atomic E-state index is 12.1. The molecule has 5 heteroatoms. The Morgan fingerprint density at radius 2 is 2.31 bits per heavy atom. The van der Waals surface area contributed by atoms with Crippen molar-refractivity contribution in [2.45, 2.75) is 32.2 Å². The molecule has 0 spiro atoms. The molecule has 2 fully saturated rings. The third-order valence-electron chi connectivity index (χ3n) is 3.66. The van der Waals surface area contributed by atoms with Gasteiger partial charge in [-0.1, -0.05) is 6.92 Å². The number of carbonyl (C=O) groups is 2.